The fraction of sp³-hybridized carbons (Fsp3) is 0.190. The van der Waals surface area contributed by atoms with Gasteiger partial charge in [0.1, 0.15) is 0 Å². The van der Waals surface area contributed by atoms with Gasteiger partial charge >= 0.3 is 0 Å². The molecule has 134 valence electrons. The van der Waals surface area contributed by atoms with E-state index in [9.17, 15) is 0 Å². The molecule has 4 aromatic heterocycles. The molecule has 4 nitrogen and oxygen atoms in total. The van der Waals surface area contributed by atoms with Crippen molar-refractivity contribution in [1.29, 1.82) is 0 Å². The molecule has 0 aliphatic carbocycles. The van der Waals surface area contributed by atoms with Crippen LogP contribution >= 0.6 is 22.7 Å². The number of rotatable bonds is 4. The molecule has 4 aromatic rings. The molecule has 5 rings (SSSR count). The van der Waals surface area contributed by atoms with E-state index < -0.39 is 0 Å². The number of hydrogen-bond donors (Lipinski definition) is 0. The first kappa shape index (κ1) is 16.7. The van der Waals surface area contributed by atoms with Crippen molar-refractivity contribution >= 4 is 22.7 Å². The Hall–Kier alpha value is -2.41. The Labute approximate surface area is 166 Å². The van der Waals surface area contributed by atoms with E-state index in [-0.39, 0.29) is 0 Å². The van der Waals surface area contributed by atoms with E-state index >= 15 is 0 Å². The first-order valence-corrected chi connectivity index (χ1v) is 10.7. The summed E-state index contributed by atoms with van der Waals surface area (Å²) in [5, 5.41) is 4.35. The van der Waals surface area contributed by atoms with Gasteiger partial charge in [0, 0.05) is 71.1 Å². The first-order valence-electron chi connectivity index (χ1n) is 8.94. The minimum absolute atomic E-state index is 0.772. The molecule has 0 bridgehead atoms. The summed E-state index contributed by atoms with van der Waals surface area (Å²) < 4.78 is 0. The molecule has 5 heterocycles. The Morgan fingerprint density at radius 1 is 1.07 bits per heavy atom. The topological polar surface area (TPSA) is 41.9 Å². The zero-order chi connectivity index (χ0) is 18.1. The summed E-state index contributed by atoms with van der Waals surface area (Å²) in [7, 11) is 0. The molecule has 1 aliphatic rings. The van der Waals surface area contributed by atoms with Crippen LogP contribution in [0.1, 0.15) is 16.1 Å². The zero-order valence-corrected chi connectivity index (χ0v) is 16.3. The normalized spacial score (nSPS) is 14.2. The Morgan fingerprint density at radius 2 is 2.07 bits per heavy atom. The standard InChI is InChI=1S/C21H18N4S2/c1-2-15(10-22-7-1)21-23-11-17-12-25(8-5-19(17)24-21)13-18-3-4-20(27-18)16-6-9-26-14-16/h1-4,6-7,9-11,14H,5,8,12-13H2. The average Bonchev–Trinajstić information content (AvgIpc) is 3.40. The monoisotopic (exact) mass is 390 g/mol. The van der Waals surface area contributed by atoms with Crippen LogP contribution in [0.25, 0.3) is 21.8 Å². The number of aromatic nitrogens is 3. The third-order valence-electron chi connectivity index (χ3n) is 4.78. The quantitative estimate of drug-likeness (QED) is 0.498. The van der Waals surface area contributed by atoms with E-state index in [0.717, 1.165) is 37.4 Å². The second kappa shape index (κ2) is 7.31. The summed E-state index contributed by atoms with van der Waals surface area (Å²) in [4.78, 5) is 18.8. The van der Waals surface area contributed by atoms with Gasteiger partial charge in [-0.15, -0.1) is 11.3 Å². The summed E-state index contributed by atoms with van der Waals surface area (Å²) in [6.45, 7) is 2.93. The Balaban J connectivity index is 1.30. The SMILES string of the molecule is c1cncc(-c2ncc3c(n2)CCN(Cc2ccc(-c4ccsc4)s2)C3)c1. The van der Waals surface area contributed by atoms with Crippen LogP contribution in [-0.2, 0) is 19.5 Å². The maximum atomic E-state index is 4.79. The van der Waals surface area contributed by atoms with Gasteiger partial charge in [-0.25, -0.2) is 9.97 Å². The van der Waals surface area contributed by atoms with Gasteiger partial charge in [0.2, 0.25) is 0 Å². The molecular weight excluding hydrogens is 372 g/mol. The molecule has 0 spiro atoms. The van der Waals surface area contributed by atoms with Gasteiger partial charge in [-0.05, 0) is 41.1 Å². The van der Waals surface area contributed by atoms with Gasteiger partial charge in [0.15, 0.2) is 5.82 Å². The summed E-state index contributed by atoms with van der Waals surface area (Å²) >= 11 is 3.64. The highest BCUT2D eigenvalue weighted by Crippen LogP contribution is 2.31. The van der Waals surface area contributed by atoms with Crippen LogP contribution in [-0.4, -0.2) is 26.4 Å². The maximum absolute atomic E-state index is 4.79. The Bertz CT molecular complexity index is 1040. The molecule has 0 saturated carbocycles. The molecule has 0 N–H and O–H groups in total. The summed E-state index contributed by atoms with van der Waals surface area (Å²) in [5.41, 5.74) is 4.72. The largest absolute Gasteiger partial charge is 0.293 e. The van der Waals surface area contributed by atoms with Crippen molar-refractivity contribution in [2.24, 2.45) is 0 Å². The second-order valence-corrected chi connectivity index (χ2v) is 8.59. The number of thiophene rings is 2. The molecule has 0 radical (unpaired) electrons. The third kappa shape index (κ3) is 3.56. The fourth-order valence-electron chi connectivity index (χ4n) is 3.39. The van der Waals surface area contributed by atoms with Gasteiger partial charge in [-0.1, -0.05) is 0 Å². The van der Waals surface area contributed by atoms with Crippen molar-refractivity contribution in [3.8, 4) is 21.8 Å². The second-order valence-electron chi connectivity index (χ2n) is 6.65. The third-order valence-corrected chi connectivity index (χ3v) is 6.58. The summed E-state index contributed by atoms with van der Waals surface area (Å²) in [6.07, 6.45) is 6.54. The number of nitrogens with zero attached hydrogens (tertiary/aromatic N) is 4. The lowest BCUT2D eigenvalue weighted by atomic mass is 10.1. The lowest BCUT2D eigenvalue weighted by molar-refractivity contribution is 0.245. The van der Waals surface area contributed by atoms with Crippen LogP contribution in [0.15, 0.2) is 59.7 Å². The van der Waals surface area contributed by atoms with Gasteiger partial charge in [0.25, 0.3) is 0 Å². The molecule has 0 saturated heterocycles. The Morgan fingerprint density at radius 3 is 2.93 bits per heavy atom. The average molecular weight is 391 g/mol. The van der Waals surface area contributed by atoms with E-state index in [1.165, 1.54) is 26.6 Å². The van der Waals surface area contributed by atoms with Crippen molar-refractivity contribution in [1.82, 2.24) is 19.9 Å². The van der Waals surface area contributed by atoms with Crippen LogP contribution in [0.2, 0.25) is 0 Å². The molecule has 0 aromatic carbocycles. The van der Waals surface area contributed by atoms with Crippen molar-refractivity contribution in [2.75, 3.05) is 6.54 Å². The van der Waals surface area contributed by atoms with Gasteiger partial charge in [0.05, 0.1) is 5.69 Å². The predicted molar refractivity (Wildman–Crippen MR) is 111 cm³/mol. The highest BCUT2D eigenvalue weighted by atomic mass is 32.1. The van der Waals surface area contributed by atoms with E-state index in [1.54, 1.807) is 17.5 Å². The van der Waals surface area contributed by atoms with Gasteiger partial charge < -0.3 is 0 Å². The van der Waals surface area contributed by atoms with E-state index in [4.69, 9.17) is 4.98 Å². The van der Waals surface area contributed by atoms with Crippen molar-refractivity contribution in [3.05, 3.63) is 75.8 Å². The molecular formula is C21H18N4S2. The molecule has 27 heavy (non-hydrogen) atoms. The number of fused-ring (bicyclic) bond motifs is 1. The van der Waals surface area contributed by atoms with Crippen LogP contribution in [0.4, 0.5) is 0 Å². The number of hydrogen-bond acceptors (Lipinski definition) is 6. The summed E-state index contributed by atoms with van der Waals surface area (Å²) in [5.74, 6) is 0.772. The first-order chi connectivity index (χ1) is 13.3. The van der Waals surface area contributed by atoms with E-state index in [1.807, 2.05) is 35.9 Å². The molecule has 0 amide bonds. The van der Waals surface area contributed by atoms with E-state index in [0.29, 0.717) is 0 Å². The van der Waals surface area contributed by atoms with Crippen molar-refractivity contribution in [2.45, 2.75) is 19.5 Å². The number of pyridine rings is 1. The van der Waals surface area contributed by atoms with Crippen LogP contribution in [0, 0.1) is 0 Å². The Kier molecular flexibility index (Phi) is 4.53. The van der Waals surface area contributed by atoms with Crippen LogP contribution in [0.5, 0.6) is 0 Å². The minimum Gasteiger partial charge on any atom is -0.293 e. The lowest BCUT2D eigenvalue weighted by Gasteiger charge is -2.27. The minimum atomic E-state index is 0.772. The highest BCUT2D eigenvalue weighted by molar-refractivity contribution is 7.16. The lowest BCUT2D eigenvalue weighted by Crippen LogP contribution is -2.30. The molecule has 0 atom stereocenters. The highest BCUT2D eigenvalue weighted by Gasteiger charge is 2.19. The molecule has 6 heteroatoms. The van der Waals surface area contributed by atoms with Crippen molar-refractivity contribution < 1.29 is 0 Å². The summed E-state index contributed by atoms with van der Waals surface area (Å²) in [6, 6.07) is 10.6. The van der Waals surface area contributed by atoms with Gasteiger partial charge in [-0.2, -0.15) is 11.3 Å². The molecule has 1 aliphatic heterocycles. The zero-order valence-electron chi connectivity index (χ0n) is 14.7. The van der Waals surface area contributed by atoms with E-state index in [2.05, 4.69) is 43.8 Å². The molecule has 0 unspecified atom stereocenters. The van der Waals surface area contributed by atoms with Crippen LogP contribution < -0.4 is 0 Å². The predicted octanol–water partition coefficient (Wildman–Crippen LogP) is 4.89. The maximum Gasteiger partial charge on any atom is 0.160 e. The molecule has 0 fully saturated rings. The fourth-order valence-corrected chi connectivity index (χ4v) is 5.16. The van der Waals surface area contributed by atoms with Crippen molar-refractivity contribution in [3.63, 3.8) is 0 Å². The van der Waals surface area contributed by atoms with Gasteiger partial charge in [-0.3, -0.25) is 9.88 Å². The smallest absolute Gasteiger partial charge is 0.160 e. The van der Waals surface area contributed by atoms with Crippen LogP contribution in [0.3, 0.4) is 0 Å².